The molecule has 0 nitrogen and oxygen atoms in total. The lowest BCUT2D eigenvalue weighted by Gasteiger charge is -2.12. The lowest BCUT2D eigenvalue weighted by molar-refractivity contribution is 0.544. The Hall–Kier alpha value is -0.850. The second kappa shape index (κ2) is 6.60. The highest BCUT2D eigenvalue weighted by Gasteiger charge is 2.09. The van der Waals surface area contributed by atoms with Gasteiger partial charge in [-0.1, -0.05) is 57.7 Å². The van der Waals surface area contributed by atoms with Gasteiger partial charge < -0.3 is 0 Å². The minimum Gasteiger partial charge on any atom is -0.207 e. The molecular weight excluding hydrogens is 187 g/mol. The molecule has 0 saturated carbocycles. The molecule has 0 spiro atoms. The van der Waals surface area contributed by atoms with Crippen molar-refractivity contribution in [2.24, 2.45) is 0 Å². The SMILES string of the molecule is CCCCCCC(C)c1ccccc1F. The molecule has 1 aromatic carbocycles. The van der Waals surface area contributed by atoms with E-state index in [4.69, 9.17) is 0 Å². The van der Waals surface area contributed by atoms with Gasteiger partial charge in [-0.3, -0.25) is 0 Å². The van der Waals surface area contributed by atoms with Gasteiger partial charge in [-0.2, -0.15) is 0 Å². The minimum atomic E-state index is -0.0551. The van der Waals surface area contributed by atoms with Gasteiger partial charge in [0.15, 0.2) is 0 Å². The summed E-state index contributed by atoms with van der Waals surface area (Å²) in [6, 6.07) is 7.13. The largest absolute Gasteiger partial charge is 0.207 e. The Labute approximate surface area is 92.5 Å². The number of hydrogen-bond acceptors (Lipinski definition) is 0. The van der Waals surface area contributed by atoms with Crippen molar-refractivity contribution in [3.8, 4) is 0 Å². The Balaban J connectivity index is 2.40. The van der Waals surface area contributed by atoms with Crippen LogP contribution < -0.4 is 0 Å². The molecule has 0 radical (unpaired) electrons. The number of rotatable bonds is 6. The van der Waals surface area contributed by atoms with E-state index < -0.39 is 0 Å². The molecule has 15 heavy (non-hydrogen) atoms. The third-order valence-electron chi connectivity index (χ3n) is 2.93. The molecule has 0 aliphatic rings. The fraction of sp³-hybridized carbons (Fsp3) is 0.571. The lowest BCUT2D eigenvalue weighted by atomic mass is 9.94. The van der Waals surface area contributed by atoms with Gasteiger partial charge in [-0.05, 0) is 24.0 Å². The molecule has 0 amide bonds. The fourth-order valence-electron chi connectivity index (χ4n) is 1.91. The van der Waals surface area contributed by atoms with Crippen molar-refractivity contribution < 1.29 is 4.39 Å². The number of hydrogen-bond donors (Lipinski definition) is 0. The Kier molecular flexibility index (Phi) is 5.38. The highest BCUT2D eigenvalue weighted by molar-refractivity contribution is 5.20. The van der Waals surface area contributed by atoms with Gasteiger partial charge in [0.1, 0.15) is 5.82 Å². The third kappa shape index (κ3) is 4.03. The zero-order valence-corrected chi connectivity index (χ0v) is 9.80. The predicted octanol–water partition coefficient (Wildman–Crippen LogP) is 4.90. The van der Waals surface area contributed by atoms with Crippen molar-refractivity contribution in [1.29, 1.82) is 0 Å². The molecule has 0 aromatic heterocycles. The van der Waals surface area contributed by atoms with E-state index in [-0.39, 0.29) is 5.82 Å². The van der Waals surface area contributed by atoms with E-state index in [1.165, 1.54) is 25.7 Å². The molecular formula is C14H21F. The van der Waals surface area contributed by atoms with Gasteiger partial charge in [-0.25, -0.2) is 4.39 Å². The molecule has 0 aliphatic heterocycles. The van der Waals surface area contributed by atoms with Crippen LogP contribution in [0.15, 0.2) is 24.3 Å². The zero-order valence-electron chi connectivity index (χ0n) is 9.80. The smallest absolute Gasteiger partial charge is 0.126 e. The molecule has 1 unspecified atom stereocenters. The van der Waals surface area contributed by atoms with Gasteiger partial charge in [0.25, 0.3) is 0 Å². The molecule has 1 atom stereocenters. The van der Waals surface area contributed by atoms with Crippen molar-refractivity contribution in [2.45, 2.75) is 51.9 Å². The molecule has 0 bridgehead atoms. The van der Waals surface area contributed by atoms with Gasteiger partial charge >= 0.3 is 0 Å². The topological polar surface area (TPSA) is 0 Å². The Bertz CT molecular complexity index is 280. The summed E-state index contributed by atoms with van der Waals surface area (Å²) in [4.78, 5) is 0. The summed E-state index contributed by atoms with van der Waals surface area (Å²) in [5, 5.41) is 0. The molecule has 84 valence electrons. The Morgan fingerprint density at radius 1 is 1.13 bits per heavy atom. The lowest BCUT2D eigenvalue weighted by Crippen LogP contribution is -1.97. The van der Waals surface area contributed by atoms with Crippen LogP contribution in [0, 0.1) is 5.82 Å². The third-order valence-corrected chi connectivity index (χ3v) is 2.93. The van der Waals surface area contributed by atoms with Crippen LogP contribution in [0.2, 0.25) is 0 Å². The van der Waals surface area contributed by atoms with E-state index in [2.05, 4.69) is 13.8 Å². The van der Waals surface area contributed by atoms with E-state index in [0.717, 1.165) is 12.0 Å². The molecule has 0 fully saturated rings. The molecule has 0 saturated heterocycles. The van der Waals surface area contributed by atoms with Crippen molar-refractivity contribution >= 4 is 0 Å². The average molecular weight is 208 g/mol. The highest BCUT2D eigenvalue weighted by atomic mass is 19.1. The van der Waals surface area contributed by atoms with Gasteiger partial charge in [0.05, 0.1) is 0 Å². The van der Waals surface area contributed by atoms with Gasteiger partial charge in [0.2, 0.25) is 0 Å². The first kappa shape index (κ1) is 12.2. The number of benzene rings is 1. The molecule has 0 aliphatic carbocycles. The zero-order chi connectivity index (χ0) is 11.1. The molecule has 0 N–H and O–H groups in total. The molecule has 0 heterocycles. The fourth-order valence-corrected chi connectivity index (χ4v) is 1.91. The molecule has 1 rings (SSSR count). The highest BCUT2D eigenvalue weighted by Crippen LogP contribution is 2.24. The van der Waals surface area contributed by atoms with Gasteiger partial charge in [-0.15, -0.1) is 0 Å². The van der Waals surface area contributed by atoms with Crippen LogP contribution >= 0.6 is 0 Å². The van der Waals surface area contributed by atoms with Crippen LogP contribution in [-0.4, -0.2) is 0 Å². The summed E-state index contributed by atoms with van der Waals surface area (Å²) in [5.74, 6) is 0.295. The second-order valence-electron chi connectivity index (χ2n) is 4.27. The standard InChI is InChI=1S/C14H21F/c1-3-4-5-6-9-12(2)13-10-7-8-11-14(13)15/h7-8,10-12H,3-6,9H2,1-2H3. The van der Waals surface area contributed by atoms with Crippen molar-refractivity contribution in [3.63, 3.8) is 0 Å². The molecule has 1 heteroatoms. The van der Waals surface area contributed by atoms with Crippen LogP contribution in [0.4, 0.5) is 4.39 Å². The first-order valence-electron chi connectivity index (χ1n) is 6.00. The van der Waals surface area contributed by atoms with Crippen LogP contribution in [0.25, 0.3) is 0 Å². The first-order valence-corrected chi connectivity index (χ1v) is 6.00. The summed E-state index contributed by atoms with van der Waals surface area (Å²) < 4.78 is 13.4. The first-order chi connectivity index (χ1) is 7.25. The average Bonchev–Trinajstić information content (AvgIpc) is 2.25. The van der Waals surface area contributed by atoms with Crippen molar-refractivity contribution in [3.05, 3.63) is 35.6 Å². The normalized spacial score (nSPS) is 12.7. The van der Waals surface area contributed by atoms with E-state index >= 15 is 0 Å². The van der Waals surface area contributed by atoms with Crippen molar-refractivity contribution in [1.82, 2.24) is 0 Å². The summed E-state index contributed by atoms with van der Waals surface area (Å²) in [6.07, 6.45) is 6.14. The number of unbranched alkanes of at least 4 members (excludes halogenated alkanes) is 3. The van der Waals surface area contributed by atoms with Crippen LogP contribution in [-0.2, 0) is 0 Å². The maximum Gasteiger partial charge on any atom is 0.126 e. The Morgan fingerprint density at radius 3 is 2.53 bits per heavy atom. The molecule has 1 aromatic rings. The van der Waals surface area contributed by atoms with Crippen LogP contribution in [0.5, 0.6) is 0 Å². The second-order valence-corrected chi connectivity index (χ2v) is 4.27. The van der Waals surface area contributed by atoms with Crippen LogP contribution in [0.3, 0.4) is 0 Å². The van der Waals surface area contributed by atoms with E-state index in [9.17, 15) is 4.39 Å². The quantitative estimate of drug-likeness (QED) is 0.583. The van der Waals surface area contributed by atoms with E-state index in [1.807, 2.05) is 12.1 Å². The maximum absolute atomic E-state index is 13.4. The van der Waals surface area contributed by atoms with Crippen LogP contribution in [0.1, 0.15) is 57.4 Å². The van der Waals surface area contributed by atoms with E-state index in [0.29, 0.717) is 5.92 Å². The predicted molar refractivity (Wildman–Crippen MR) is 63.6 cm³/mol. The summed E-state index contributed by atoms with van der Waals surface area (Å²) in [7, 11) is 0. The minimum absolute atomic E-state index is 0.0551. The summed E-state index contributed by atoms with van der Waals surface area (Å²) in [6.45, 7) is 4.32. The van der Waals surface area contributed by atoms with E-state index in [1.54, 1.807) is 12.1 Å². The summed E-state index contributed by atoms with van der Waals surface area (Å²) >= 11 is 0. The maximum atomic E-state index is 13.4. The summed E-state index contributed by atoms with van der Waals surface area (Å²) in [5.41, 5.74) is 0.869. The van der Waals surface area contributed by atoms with Gasteiger partial charge in [0, 0.05) is 0 Å². The number of halogens is 1. The Morgan fingerprint density at radius 2 is 1.87 bits per heavy atom. The monoisotopic (exact) mass is 208 g/mol. The van der Waals surface area contributed by atoms with Crippen molar-refractivity contribution in [2.75, 3.05) is 0 Å².